The average molecular weight is 119 g/mol. The normalized spacial score (nSPS) is 11.7. The van der Waals surface area contributed by atoms with Crippen molar-refractivity contribution >= 4 is 8.46 Å². The van der Waals surface area contributed by atoms with Crippen LogP contribution in [0.5, 0.6) is 0 Å². The molecule has 0 aliphatic heterocycles. The van der Waals surface area contributed by atoms with Crippen LogP contribution in [0.2, 0.25) is 0 Å². The highest BCUT2D eigenvalue weighted by atomic mass is 31.1. The third-order valence-electron chi connectivity index (χ3n) is 0.397. The smallest absolute Gasteiger partial charge is 0.298 e. The van der Waals surface area contributed by atoms with Crippen LogP contribution in [-0.2, 0) is 9.67 Å². The molecule has 0 aromatic rings. The minimum Gasteiger partial charge on any atom is -0.351 e. The summed E-state index contributed by atoms with van der Waals surface area (Å²) in [5, 5.41) is 18.1. The Hall–Kier alpha value is -0.240. The van der Waals surface area contributed by atoms with Gasteiger partial charge in [0.1, 0.15) is 0 Å². The summed E-state index contributed by atoms with van der Waals surface area (Å²) in [7, 11) is -0.862. The molecule has 1 unspecified atom stereocenters. The zero-order valence-corrected chi connectivity index (χ0v) is 4.39. The Labute approximate surface area is 42.5 Å². The van der Waals surface area contributed by atoms with Crippen LogP contribution in [0.3, 0.4) is 0 Å². The summed E-state index contributed by atoms with van der Waals surface area (Å²) in [5.74, 6) is 0. The minimum absolute atomic E-state index is 0.668. The second-order valence-corrected chi connectivity index (χ2v) is 1.78. The van der Waals surface area contributed by atoms with E-state index in [1.54, 1.807) is 0 Å². The van der Waals surface area contributed by atoms with Crippen molar-refractivity contribution in [2.45, 2.75) is 5.53 Å². The molecular weight excluding hydrogens is 115 g/mol. The third-order valence-corrected chi connectivity index (χ3v) is 0.841. The van der Waals surface area contributed by atoms with Crippen molar-refractivity contribution in [1.82, 2.24) is 0 Å². The maximum Gasteiger partial charge on any atom is 0.298 e. The lowest BCUT2D eigenvalue weighted by Crippen LogP contribution is -2.11. The van der Waals surface area contributed by atoms with E-state index >= 15 is 0 Å². The highest BCUT2D eigenvalue weighted by Gasteiger charge is 2.19. The van der Waals surface area contributed by atoms with Gasteiger partial charge in [0.2, 0.25) is 8.46 Å². The van der Waals surface area contributed by atoms with Crippen LogP contribution in [0.1, 0.15) is 0 Å². The SMILES string of the molecule is C=CC([O])(O)P=O. The predicted molar refractivity (Wildman–Crippen MR) is 23.4 cm³/mol. The molecule has 0 aromatic heterocycles. The van der Waals surface area contributed by atoms with Crippen molar-refractivity contribution < 1.29 is 14.8 Å². The second kappa shape index (κ2) is 2.17. The summed E-state index contributed by atoms with van der Waals surface area (Å²) in [4.78, 5) is 0. The maximum absolute atomic E-state index is 9.95. The van der Waals surface area contributed by atoms with E-state index in [9.17, 15) is 9.67 Å². The number of hydrogen-bond acceptors (Lipinski definition) is 2. The van der Waals surface area contributed by atoms with Gasteiger partial charge in [0.25, 0.3) is 5.53 Å². The maximum atomic E-state index is 9.95. The molecule has 1 N–H and O–H groups in total. The standard InChI is InChI=1S/C3H4O3P/c1-2-3(4,5)7-6/h2,4H,1H2. The fraction of sp³-hybridized carbons (Fsp3) is 0.333. The van der Waals surface area contributed by atoms with Crippen molar-refractivity contribution in [3.8, 4) is 0 Å². The van der Waals surface area contributed by atoms with E-state index < -0.39 is 14.0 Å². The first-order chi connectivity index (χ1) is 3.12. The predicted octanol–water partition coefficient (Wildman–Crippen LogP) is 0.541. The zero-order chi connectivity index (χ0) is 5.91. The largest absolute Gasteiger partial charge is 0.351 e. The molecule has 0 spiro atoms. The molecular formula is C3H4O3P. The molecule has 0 rings (SSSR count). The Morgan fingerprint density at radius 3 is 2.29 bits per heavy atom. The van der Waals surface area contributed by atoms with Crippen LogP contribution < -0.4 is 0 Å². The first-order valence-electron chi connectivity index (χ1n) is 1.53. The van der Waals surface area contributed by atoms with Crippen LogP contribution in [0, 0.1) is 0 Å². The molecule has 4 heteroatoms. The van der Waals surface area contributed by atoms with Crippen molar-refractivity contribution in [3.05, 3.63) is 12.7 Å². The molecule has 0 amide bonds. The summed E-state index contributed by atoms with van der Waals surface area (Å²) < 4.78 is 9.52. The lowest BCUT2D eigenvalue weighted by Gasteiger charge is -1.98. The van der Waals surface area contributed by atoms with E-state index in [2.05, 4.69) is 6.58 Å². The fourth-order valence-electron chi connectivity index (χ4n) is 0.0373. The minimum atomic E-state index is -2.49. The van der Waals surface area contributed by atoms with Gasteiger partial charge in [0, 0.05) is 0 Å². The Bertz CT molecular complexity index is 78.2. The quantitative estimate of drug-likeness (QED) is 0.327. The van der Waals surface area contributed by atoms with Gasteiger partial charge >= 0.3 is 0 Å². The second-order valence-electron chi connectivity index (χ2n) is 0.954. The van der Waals surface area contributed by atoms with Gasteiger partial charge in [0.05, 0.1) is 0 Å². The van der Waals surface area contributed by atoms with Gasteiger partial charge < -0.3 is 5.11 Å². The molecule has 0 aromatic carbocycles. The average Bonchev–Trinajstić information content (AvgIpc) is 1.68. The van der Waals surface area contributed by atoms with Gasteiger partial charge in [-0.05, 0) is 6.08 Å². The van der Waals surface area contributed by atoms with E-state index in [0.29, 0.717) is 6.08 Å². The van der Waals surface area contributed by atoms with E-state index in [4.69, 9.17) is 5.11 Å². The van der Waals surface area contributed by atoms with E-state index in [0.717, 1.165) is 0 Å². The first kappa shape index (κ1) is 6.76. The summed E-state index contributed by atoms with van der Waals surface area (Å²) in [6.45, 7) is 2.93. The summed E-state index contributed by atoms with van der Waals surface area (Å²) in [5.41, 5.74) is -2.49. The van der Waals surface area contributed by atoms with Crippen molar-refractivity contribution in [3.63, 3.8) is 0 Å². The van der Waals surface area contributed by atoms with Crippen molar-refractivity contribution in [2.24, 2.45) is 0 Å². The number of hydrogen-bond donors (Lipinski definition) is 1. The lowest BCUT2D eigenvalue weighted by atomic mass is 10.6. The van der Waals surface area contributed by atoms with Crippen LogP contribution in [0.15, 0.2) is 12.7 Å². The van der Waals surface area contributed by atoms with Gasteiger partial charge in [-0.25, -0.2) is 0 Å². The number of rotatable bonds is 2. The topological polar surface area (TPSA) is 57.2 Å². The zero-order valence-electron chi connectivity index (χ0n) is 3.50. The molecule has 3 nitrogen and oxygen atoms in total. The van der Waals surface area contributed by atoms with Crippen LogP contribution >= 0.6 is 8.46 Å². The Balaban J connectivity index is 3.82. The molecule has 0 saturated heterocycles. The van der Waals surface area contributed by atoms with Crippen LogP contribution in [-0.4, -0.2) is 10.6 Å². The molecule has 0 heterocycles. The molecule has 7 heavy (non-hydrogen) atoms. The lowest BCUT2D eigenvalue weighted by molar-refractivity contribution is -0.0906. The van der Waals surface area contributed by atoms with E-state index in [1.165, 1.54) is 0 Å². The van der Waals surface area contributed by atoms with Gasteiger partial charge in [0.15, 0.2) is 0 Å². The molecule has 1 radical (unpaired) electrons. The highest BCUT2D eigenvalue weighted by molar-refractivity contribution is 7.25. The van der Waals surface area contributed by atoms with E-state index in [1.807, 2.05) is 0 Å². The van der Waals surface area contributed by atoms with Gasteiger partial charge in [-0.2, -0.15) is 5.11 Å². The summed E-state index contributed by atoms with van der Waals surface area (Å²) in [6.07, 6.45) is 0.668. The van der Waals surface area contributed by atoms with Crippen molar-refractivity contribution in [1.29, 1.82) is 0 Å². The van der Waals surface area contributed by atoms with Gasteiger partial charge in [-0.3, -0.25) is 4.57 Å². The molecule has 0 bridgehead atoms. The third kappa shape index (κ3) is 2.45. The van der Waals surface area contributed by atoms with Crippen LogP contribution in [0.4, 0.5) is 0 Å². The molecule has 0 fully saturated rings. The summed E-state index contributed by atoms with van der Waals surface area (Å²) in [6, 6.07) is 0. The Kier molecular flexibility index (Phi) is 2.09. The van der Waals surface area contributed by atoms with Crippen LogP contribution in [0.25, 0.3) is 0 Å². The first-order valence-corrected chi connectivity index (χ1v) is 2.34. The van der Waals surface area contributed by atoms with Gasteiger partial charge in [-0.1, -0.05) is 6.58 Å². The molecule has 39 valence electrons. The van der Waals surface area contributed by atoms with Gasteiger partial charge in [-0.15, -0.1) is 0 Å². The Morgan fingerprint density at radius 2 is 2.29 bits per heavy atom. The van der Waals surface area contributed by atoms with Crippen molar-refractivity contribution in [2.75, 3.05) is 0 Å². The molecule has 0 aliphatic rings. The molecule has 0 saturated carbocycles. The fourth-order valence-corrected chi connectivity index (χ4v) is 0.112. The highest BCUT2D eigenvalue weighted by Crippen LogP contribution is 2.15. The van der Waals surface area contributed by atoms with E-state index in [-0.39, 0.29) is 0 Å². The number of aliphatic hydroxyl groups is 1. The monoisotopic (exact) mass is 119 g/mol. The molecule has 1 atom stereocenters. The Morgan fingerprint density at radius 1 is 1.86 bits per heavy atom. The summed E-state index contributed by atoms with van der Waals surface area (Å²) >= 11 is 0. The molecule has 0 aliphatic carbocycles.